The molecule has 3 aromatic carbocycles. The number of alkyl halides is 2. The van der Waals surface area contributed by atoms with Crippen molar-refractivity contribution in [1.29, 1.82) is 5.26 Å². The van der Waals surface area contributed by atoms with Crippen molar-refractivity contribution >= 4 is 10.8 Å². The number of halogens is 3. The minimum atomic E-state index is -1.28. The maximum absolute atomic E-state index is 15.2. The van der Waals surface area contributed by atoms with Crippen LogP contribution in [0.1, 0.15) is 55.5 Å². The molecule has 4 heteroatoms. The predicted molar refractivity (Wildman–Crippen MR) is 114 cm³/mol. The molecule has 0 heterocycles. The second-order valence-corrected chi connectivity index (χ2v) is 8.16. The highest BCUT2D eigenvalue weighted by Crippen LogP contribution is 2.44. The van der Waals surface area contributed by atoms with Crippen LogP contribution in [-0.2, 0) is 6.42 Å². The van der Waals surface area contributed by atoms with Crippen molar-refractivity contribution in [2.45, 2.75) is 51.4 Å². The molecular formula is C26H24F3N. The summed E-state index contributed by atoms with van der Waals surface area (Å²) in [6.45, 7) is 2.09. The van der Waals surface area contributed by atoms with E-state index in [2.05, 4.69) is 6.92 Å². The maximum atomic E-state index is 15.2. The molecule has 1 aliphatic carbocycles. The predicted octanol–water partition coefficient (Wildman–Crippen LogP) is 7.62. The second-order valence-electron chi connectivity index (χ2n) is 8.16. The van der Waals surface area contributed by atoms with Crippen LogP contribution in [0.4, 0.5) is 13.2 Å². The first-order valence-corrected chi connectivity index (χ1v) is 10.6. The van der Waals surface area contributed by atoms with E-state index in [1.807, 2.05) is 30.3 Å². The van der Waals surface area contributed by atoms with Gasteiger partial charge in [0, 0.05) is 12.3 Å². The summed E-state index contributed by atoms with van der Waals surface area (Å²) in [4.78, 5) is 0. The minimum Gasteiger partial charge on any atom is -0.247 e. The van der Waals surface area contributed by atoms with Gasteiger partial charge in [-0.3, -0.25) is 0 Å². The second kappa shape index (κ2) is 8.52. The number of rotatable bonds is 5. The number of hydrogen-bond acceptors (Lipinski definition) is 1. The summed E-state index contributed by atoms with van der Waals surface area (Å²) in [5, 5.41) is 10.6. The lowest BCUT2D eigenvalue weighted by molar-refractivity contribution is 0.101. The van der Waals surface area contributed by atoms with Crippen molar-refractivity contribution < 1.29 is 13.2 Å². The van der Waals surface area contributed by atoms with E-state index in [1.54, 1.807) is 12.1 Å². The van der Waals surface area contributed by atoms with Crippen LogP contribution in [-0.4, -0.2) is 6.17 Å². The molecule has 0 spiro atoms. The summed E-state index contributed by atoms with van der Waals surface area (Å²) in [5.74, 6) is -1.13. The van der Waals surface area contributed by atoms with Crippen LogP contribution >= 0.6 is 0 Å². The Hall–Kier alpha value is -2.80. The number of fused-ring (bicyclic) bond motifs is 3. The highest BCUT2D eigenvalue weighted by molar-refractivity contribution is 5.91. The molecule has 0 aromatic heterocycles. The van der Waals surface area contributed by atoms with Crippen molar-refractivity contribution in [2.24, 2.45) is 5.92 Å². The highest BCUT2D eigenvalue weighted by atomic mass is 19.1. The molecule has 0 N–H and O–H groups in total. The lowest BCUT2D eigenvalue weighted by atomic mass is 9.77. The lowest BCUT2D eigenvalue weighted by Gasteiger charge is -2.32. The van der Waals surface area contributed by atoms with E-state index in [9.17, 15) is 8.78 Å². The molecule has 0 bridgehead atoms. The molecule has 0 aliphatic heterocycles. The van der Waals surface area contributed by atoms with Crippen molar-refractivity contribution in [3.8, 4) is 17.2 Å². The Bertz CT molecular complexity index is 1120. The van der Waals surface area contributed by atoms with Crippen LogP contribution < -0.4 is 0 Å². The van der Waals surface area contributed by atoms with Gasteiger partial charge in [0.25, 0.3) is 0 Å². The number of nitrogens with zero attached hydrogens (tertiary/aromatic N) is 1. The average molecular weight is 407 g/mol. The molecule has 0 radical (unpaired) electrons. The van der Waals surface area contributed by atoms with Crippen LogP contribution in [0.25, 0.3) is 21.9 Å². The van der Waals surface area contributed by atoms with Gasteiger partial charge in [-0.05, 0) is 57.6 Å². The summed E-state index contributed by atoms with van der Waals surface area (Å²) >= 11 is 0. The summed E-state index contributed by atoms with van der Waals surface area (Å²) in [6.07, 6.45) is 1.24. The third kappa shape index (κ3) is 3.69. The van der Waals surface area contributed by atoms with Gasteiger partial charge in [-0.2, -0.15) is 5.26 Å². The zero-order chi connectivity index (χ0) is 21.3. The quantitative estimate of drug-likeness (QED) is 0.399. The summed E-state index contributed by atoms with van der Waals surface area (Å²) in [5.41, 5.74) is 2.82. The molecule has 154 valence electrons. The highest BCUT2D eigenvalue weighted by Gasteiger charge is 2.37. The van der Waals surface area contributed by atoms with Gasteiger partial charge >= 0.3 is 0 Å². The topological polar surface area (TPSA) is 23.8 Å². The number of benzene rings is 3. The number of nitriles is 1. The van der Waals surface area contributed by atoms with Crippen LogP contribution in [0.15, 0.2) is 48.5 Å². The Labute approximate surface area is 175 Å². The van der Waals surface area contributed by atoms with Gasteiger partial charge in [-0.15, -0.1) is 0 Å². The molecule has 1 nitrogen and oxygen atoms in total. The Balaban J connectivity index is 1.69. The number of unbranched alkanes of at least 4 members (excludes halogenated alkanes) is 2. The van der Waals surface area contributed by atoms with Gasteiger partial charge < -0.3 is 0 Å². The monoisotopic (exact) mass is 407 g/mol. The zero-order valence-electron chi connectivity index (χ0n) is 17.0. The summed E-state index contributed by atoms with van der Waals surface area (Å²) in [6, 6.07) is 15.6. The standard InChI is InChI=1S/C26H24F3N/c1-2-3-4-5-22-25(28)14-23-20-10-8-16(12-18(20)9-11-21(23)26(22)29)17-6-7-19(15-30)24(27)13-17/h6-13,22,25-26H,2-5,14H2,1H3. The van der Waals surface area contributed by atoms with Gasteiger partial charge in [-0.1, -0.05) is 56.5 Å². The van der Waals surface area contributed by atoms with Gasteiger partial charge in [0.2, 0.25) is 0 Å². The van der Waals surface area contributed by atoms with Gasteiger partial charge in [0.1, 0.15) is 24.2 Å². The molecule has 0 saturated heterocycles. The van der Waals surface area contributed by atoms with Gasteiger partial charge in [0.15, 0.2) is 0 Å². The largest absolute Gasteiger partial charge is 0.247 e. The fourth-order valence-electron chi connectivity index (χ4n) is 4.58. The molecule has 0 fully saturated rings. The zero-order valence-corrected chi connectivity index (χ0v) is 17.0. The molecule has 0 amide bonds. The summed E-state index contributed by atoms with van der Waals surface area (Å²) in [7, 11) is 0. The Morgan fingerprint density at radius 3 is 2.50 bits per heavy atom. The van der Waals surface area contributed by atoms with Crippen molar-refractivity contribution in [2.75, 3.05) is 0 Å². The first-order valence-electron chi connectivity index (χ1n) is 10.6. The van der Waals surface area contributed by atoms with E-state index >= 15 is 4.39 Å². The van der Waals surface area contributed by atoms with Crippen LogP contribution in [0.5, 0.6) is 0 Å². The third-order valence-corrected chi connectivity index (χ3v) is 6.27. The van der Waals surface area contributed by atoms with E-state index in [4.69, 9.17) is 5.26 Å². The van der Waals surface area contributed by atoms with E-state index in [0.29, 0.717) is 17.5 Å². The summed E-state index contributed by atoms with van der Waals surface area (Å²) < 4.78 is 44.1. The lowest BCUT2D eigenvalue weighted by Crippen LogP contribution is -2.29. The van der Waals surface area contributed by atoms with Crippen LogP contribution in [0.3, 0.4) is 0 Å². The molecule has 1 aliphatic rings. The Morgan fingerprint density at radius 1 is 1.00 bits per heavy atom. The Morgan fingerprint density at radius 2 is 1.77 bits per heavy atom. The maximum Gasteiger partial charge on any atom is 0.141 e. The smallest absolute Gasteiger partial charge is 0.141 e. The third-order valence-electron chi connectivity index (χ3n) is 6.27. The minimum absolute atomic E-state index is 0.00470. The van der Waals surface area contributed by atoms with E-state index in [0.717, 1.165) is 41.2 Å². The van der Waals surface area contributed by atoms with E-state index in [-0.39, 0.29) is 12.0 Å². The molecule has 3 atom stereocenters. The normalized spacial score (nSPS) is 20.7. The van der Waals surface area contributed by atoms with Gasteiger partial charge in [0.05, 0.1) is 5.56 Å². The fraction of sp³-hybridized carbons (Fsp3) is 0.346. The average Bonchev–Trinajstić information content (AvgIpc) is 2.75. The van der Waals surface area contributed by atoms with Crippen molar-refractivity contribution in [3.05, 3.63) is 71.0 Å². The van der Waals surface area contributed by atoms with E-state index in [1.165, 1.54) is 12.1 Å². The SMILES string of the molecule is CCCCCC1C(F)Cc2c(ccc3cc(-c4ccc(C#N)c(F)c4)ccc23)C1F. The molecule has 0 saturated carbocycles. The Kier molecular flexibility index (Phi) is 5.81. The van der Waals surface area contributed by atoms with Crippen molar-refractivity contribution in [3.63, 3.8) is 0 Å². The molecule has 3 unspecified atom stereocenters. The van der Waals surface area contributed by atoms with Crippen molar-refractivity contribution in [1.82, 2.24) is 0 Å². The van der Waals surface area contributed by atoms with E-state index < -0.39 is 24.1 Å². The number of hydrogen-bond donors (Lipinski definition) is 0. The first kappa shape index (κ1) is 20.5. The molecule has 30 heavy (non-hydrogen) atoms. The fourth-order valence-corrected chi connectivity index (χ4v) is 4.58. The molecule has 4 rings (SSSR count). The molecule has 3 aromatic rings. The van der Waals surface area contributed by atoms with Gasteiger partial charge in [-0.25, -0.2) is 13.2 Å². The van der Waals surface area contributed by atoms with Crippen LogP contribution in [0.2, 0.25) is 0 Å². The first-order chi connectivity index (χ1) is 14.5. The molecular weight excluding hydrogens is 383 g/mol. The van der Waals surface area contributed by atoms with Crippen LogP contribution in [0, 0.1) is 23.1 Å².